The van der Waals surface area contributed by atoms with E-state index in [1.807, 2.05) is 0 Å². The summed E-state index contributed by atoms with van der Waals surface area (Å²) in [6.07, 6.45) is 0. The standard InChI is InChI=1S/C8H12N2O5S/c11-6(12)1-10(2-7(13)14)8(15)5-3-16-4-9-5/h5,9H,1-4H2,(H,11,12)(H,13,14). The number of hydrogen-bond donors (Lipinski definition) is 3. The number of amides is 1. The summed E-state index contributed by atoms with van der Waals surface area (Å²) in [6, 6.07) is -0.483. The molecule has 16 heavy (non-hydrogen) atoms. The SMILES string of the molecule is O=C(O)CN(CC(=O)O)C(=O)C1CSCN1. The molecule has 1 saturated heterocycles. The summed E-state index contributed by atoms with van der Waals surface area (Å²) in [6.45, 7) is -1.18. The lowest BCUT2D eigenvalue weighted by molar-refractivity contribution is -0.149. The molecule has 0 aromatic rings. The van der Waals surface area contributed by atoms with Gasteiger partial charge in [0.25, 0.3) is 0 Å². The maximum atomic E-state index is 11.7. The van der Waals surface area contributed by atoms with E-state index in [9.17, 15) is 14.4 Å². The Kier molecular flexibility index (Phi) is 4.56. The van der Waals surface area contributed by atoms with Crippen LogP contribution in [0, 0.1) is 0 Å². The first-order valence-corrected chi connectivity index (χ1v) is 5.69. The molecule has 0 saturated carbocycles. The van der Waals surface area contributed by atoms with Crippen molar-refractivity contribution < 1.29 is 24.6 Å². The van der Waals surface area contributed by atoms with Crippen LogP contribution in [-0.4, -0.2) is 63.7 Å². The first-order valence-electron chi connectivity index (χ1n) is 4.54. The summed E-state index contributed by atoms with van der Waals surface area (Å²) < 4.78 is 0. The lowest BCUT2D eigenvalue weighted by atomic mass is 10.3. The fraction of sp³-hybridized carbons (Fsp3) is 0.625. The van der Waals surface area contributed by atoms with Gasteiger partial charge in [-0.25, -0.2) is 0 Å². The Balaban J connectivity index is 2.62. The van der Waals surface area contributed by atoms with Gasteiger partial charge in [-0.3, -0.25) is 19.7 Å². The van der Waals surface area contributed by atoms with E-state index in [2.05, 4.69) is 5.32 Å². The molecule has 0 aromatic heterocycles. The number of carbonyl (C=O) groups is 3. The van der Waals surface area contributed by atoms with E-state index in [0.717, 1.165) is 4.90 Å². The third kappa shape index (κ3) is 3.70. The van der Waals surface area contributed by atoms with Crippen LogP contribution in [0.15, 0.2) is 0 Å². The third-order valence-electron chi connectivity index (χ3n) is 1.98. The van der Waals surface area contributed by atoms with Crippen molar-refractivity contribution >= 4 is 29.6 Å². The number of nitrogens with zero attached hydrogens (tertiary/aromatic N) is 1. The fourth-order valence-corrected chi connectivity index (χ4v) is 2.25. The molecule has 0 aliphatic carbocycles. The van der Waals surface area contributed by atoms with E-state index in [1.54, 1.807) is 0 Å². The van der Waals surface area contributed by atoms with Crippen molar-refractivity contribution in [2.75, 3.05) is 24.7 Å². The van der Waals surface area contributed by atoms with Gasteiger partial charge >= 0.3 is 11.9 Å². The Morgan fingerprint density at radius 2 is 1.81 bits per heavy atom. The van der Waals surface area contributed by atoms with Crippen LogP contribution >= 0.6 is 11.8 Å². The van der Waals surface area contributed by atoms with Crippen molar-refractivity contribution in [2.45, 2.75) is 6.04 Å². The van der Waals surface area contributed by atoms with Crippen LogP contribution in [0.4, 0.5) is 0 Å². The summed E-state index contributed by atoms with van der Waals surface area (Å²) >= 11 is 1.51. The molecule has 0 aromatic carbocycles. The van der Waals surface area contributed by atoms with Crippen molar-refractivity contribution in [3.63, 3.8) is 0 Å². The van der Waals surface area contributed by atoms with Crippen molar-refractivity contribution in [1.82, 2.24) is 10.2 Å². The predicted molar refractivity (Wildman–Crippen MR) is 56.1 cm³/mol. The van der Waals surface area contributed by atoms with E-state index >= 15 is 0 Å². The van der Waals surface area contributed by atoms with E-state index < -0.39 is 37.0 Å². The monoisotopic (exact) mass is 248 g/mol. The lowest BCUT2D eigenvalue weighted by Gasteiger charge is -2.21. The number of hydrogen-bond acceptors (Lipinski definition) is 5. The van der Waals surface area contributed by atoms with Gasteiger partial charge in [-0.1, -0.05) is 0 Å². The van der Waals surface area contributed by atoms with Crippen LogP contribution in [0.25, 0.3) is 0 Å². The molecule has 1 fully saturated rings. The van der Waals surface area contributed by atoms with Gasteiger partial charge < -0.3 is 15.1 Å². The van der Waals surface area contributed by atoms with Gasteiger partial charge in [0.1, 0.15) is 13.1 Å². The van der Waals surface area contributed by atoms with Crippen LogP contribution in [0.5, 0.6) is 0 Å². The second kappa shape index (κ2) is 5.71. The van der Waals surface area contributed by atoms with Gasteiger partial charge in [0.2, 0.25) is 5.91 Å². The van der Waals surface area contributed by atoms with E-state index in [4.69, 9.17) is 10.2 Å². The first-order chi connectivity index (χ1) is 7.50. The van der Waals surface area contributed by atoms with Crippen LogP contribution in [-0.2, 0) is 14.4 Å². The topological polar surface area (TPSA) is 107 Å². The van der Waals surface area contributed by atoms with Gasteiger partial charge in [0.15, 0.2) is 0 Å². The van der Waals surface area contributed by atoms with E-state index in [-0.39, 0.29) is 0 Å². The third-order valence-corrected chi connectivity index (χ3v) is 2.92. The lowest BCUT2D eigenvalue weighted by Crippen LogP contribution is -2.48. The summed E-state index contributed by atoms with van der Waals surface area (Å²) in [5.41, 5.74) is 0. The van der Waals surface area contributed by atoms with Crippen molar-refractivity contribution in [1.29, 1.82) is 0 Å². The maximum Gasteiger partial charge on any atom is 0.323 e. The van der Waals surface area contributed by atoms with Gasteiger partial charge in [-0.05, 0) is 0 Å². The van der Waals surface area contributed by atoms with Crippen LogP contribution in [0.3, 0.4) is 0 Å². The van der Waals surface area contributed by atoms with Gasteiger partial charge in [-0.15, -0.1) is 11.8 Å². The smallest absolute Gasteiger partial charge is 0.323 e. The Hall–Kier alpha value is -1.28. The highest BCUT2D eigenvalue weighted by Gasteiger charge is 2.29. The minimum Gasteiger partial charge on any atom is -0.480 e. The molecule has 1 aliphatic heterocycles. The largest absolute Gasteiger partial charge is 0.480 e. The molecule has 1 atom stereocenters. The number of carboxylic acids is 2. The molecule has 1 aliphatic rings. The molecule has 1 unspecified atom stereocenters. The summed E-state index contributed by atoms with van der Waals surface area (Å²) in [7, 11) is 0. The van der Waals surface area contributed by atoms with Crippen molar-refractivity contribution in [2.24, 2.45) is 0 Å². The highest BCUT2D eigenvalue weighted by atomic mass is 32.2. The minimum absolute atomic E-state index is 0.477. The average molecular weight is 248 g/mol. The van der Waals surface area contributed by atoms with Gasteiger partial charge in [0, 0.05) is 11.6 Å². The number of carbonyl (C=O) groups excluding carboxylic acids is 1. The molecule has 1 amide bonds. The normalized spacial score (nSPS) is 19.4. The van der Waals surface area contributed by atoms with Crippen LogP contribution in [0.2, 0.25) is 0 Å². The predicted octanol–water partition coefficient (Wildman–Crippen LogP) is -1.35. The number of rotatable bonds is 5. The molecule has 0 radical (unpaired) electrons. The molecule has 7 nitrogen and oxygen atoms in total. The minimum atomic E-state index is -1.22. The molecule has 1 heterocycles. The Labute approximate surface area is 95.8 Å². The summed E-state index contributed by atoms with van der Waals surface area (Å²) in [4.78, 5) is 33.6. The van der Waals surface area contributed by atoms with Crippen molar-refractivity contribution in [3.8, 4) is 0 Å². The number of aliphatic carboxylic acids is 2. The zero-order chi connectivity index (χ0) is 12.1. The molecule has 0 spiro atoms. The van der Waals surface area contributed by atoms with Gasteiger partial charge in [0.05, 0.1) is 6.04 Å². The molecular formula is C8H12N2O5S. The first kappa shape index (κ1) is 12.8. The second-order valence-electron chi connectivity index (χ2n) is 3.25. The molecule has 90 valence electrons. The average Bonchev–Trinajstić information content (AvgIpc) is 2.66. The fourth-order valence-electron chi connectivity index (χ4n) is 1.31. The quantitative estimate of drug-likeness (QED) is 0.552. The number of thioether (sulfide) groups is 1. The second-order valence-corrected chi connectivity index (χ2v) is 4.28. The molecular weight excluding hydrogens is 236 g/mol. The van der Waals surface area contributed by atoms with Crippen LogP contribution in [0.1, 0.15) is 0 Å². The zero-order valence-corrected chi connectivity index (χ0v) is 9.20. The highest BCUT2D eigenvalue weighted by Crippen LogP contribution is 2.11. The molecule has 8 heteroatoms. The molecule has 1 rings (SSSR count). The maximum absolute atomic E-state index is 11.7. The highest BCUT2D eigenvalue weighted by molar-refractivity contribution is 7.99. The molecule has 0 bridgehead atoms. The van der Waals surface area contributed by atoms with Crippen molar-refractivity contribution in [3.05, 3.63) is 0 Å². The number of nitrogens with one attached hydrogen (secondary N) is 1. The Bertz CT molecular complexity index is 287. The Morgan fingerprint density at radius 3 is 2.19 bits per heavy atom. The summed E-state index contributed by atoms with van der Waals surface area (Å²) in [5.74, 6) is -1.77. The Morgan fingerprint density at radius 1 is 1.25 bits per heavy atom. The summed E-state index contributed by atoms with van der Waals surface area (Å²) in [5, 5.41) is 20.0. The zero-order valence-electron chi connectivity index (χ0n) is 8.38. The molecule has 3 N–H and O–H groups in total. The van der Waals surface area contributed by atoms with E-state index in [0.29, 0.717) is 11.6 Å². The number of carboxylic acid groups (broad SMARTS) is 2. The van der Waals surface area contributed by atoms with E-state index in [1.165, 1.54) is 11.8 Å². The van der Waals surface area contributed by atoms with Crippen LogP contribution < -0.4 is 5.32 Å². The van der Waals surface area contributed by atoms with Gasteiger partial charge in [-0.2, -0.15) is 0 Å².